The third-order valence-corrected chi connectivity index (χ3v) is 3.52. The van der Waals surface area contributed by atoms with Gasteiger partial charge in [0.1, 0.15) is 5.82 Å². The van der Waals surface area contributed by atoms with E-state index in [-0.39, 0.29) is 11.7 Å². The summed E-state index contributed by atoms with van der Waals surface area (Å²) in [4.78, 5) is 12.3. The van der Waals surface area contributed by atoms with E-state index in [0.29, 0.717) is 15.9 Å². The first-order valence-electron chi connectivity index (χ1n) is 4.87. The van der Waals surface area contributed by atoms with E-state index in [9.17, 15) is 9.18 Å². The van der Waals surface area contributed by atoms with Gasteiger partial charge in [0, 0.05) is 15.7 Å². The van der Waals surface area contributed by atoms with Crippen LogP contribution in [0.5, 0.6) is 0 Å². The van der Waals surface area contributed by atoms with Gasteiger partial charge in [-0.2, -0.15) is 0 Å². The van der Waals surface area contributed by atoms with Crippen LogP contribution >= 0.6 is 27.3 Å². The number of hydrogen-bond acceptors (Lipinski definition) is 2. The van der Waals surface area contributed by atoms with Crippen LogP contribution in [0.15, 0.2) is 35.3 Å². The summed E-state index contributed by atoms with van der Waals surface area (Å²) in [6.45, 7) is 4.01. The lowest BCUT2D eigenvalue weighted by Gasteiger charge is -2.00. The van der Waals surface area contributed by atoms with Gasteiger partial charge in [0.25, 0.3) is 5.91 Å². The Bertz CT molecular complexity index is 593. The Balaban J connectivity index is 2.24. The zero-order chi connectivity index (χ0) is 12.4. The lowest BCUT2D eigenvalue weighted by atomic mass is 10.2. The van der Waals surface area contributed by atoms with E-state index in [4.69, 9.17) is 0 Å². The van der Waals surface area contributed by atoms with Crippen molar-refractivity contribution in [1.29, 1.82) is 0 Å². The zero-order valence-electron chi connectivity index (χ0n) is 8.80. The third-order valence-electron chi connectivity index (χ3n) is 2.15. The van der Waals surface area contributed by atoms with Crippen LogP contribution in [0.1, 0.15) is 9.67 Å². The Morgan fingerprint density at radius 2 is 2.24 bits per heavy atom. The normalized spacial score (nSPS) is 10.5. The van der Waals surface area contributed by atoms with Gasteiger partial charge in [-0.25, -0.2) is 4.39 Å². The highest BCUT2D eigenvalue weighted by atomic mass is 79.9. The molecule has 1 aromatic heterocycles. The number of thiophene rings is 1. The van der Waals surface area contributed by atoms with E-state index in [0.717, 1.165) is 10.1 Å². The van der Waals surface area contributed by atoms with Crippen LogP contribution in [0.2, 0.25) is 0 Å². The number of fused-ring (bicyclic) bond motifs is 1. The van der Waals surface area contributed by atoms with Crippen molar-refractivity contribution in [2.45, 2.75) is 0 Å². The van der Waals surface area contributed by atoms with Gasteiger partial charge in [-0.3, -0.25) is 4.79 Å². The average molecular weight is 314 g/mol. The fraction of sp³-hybridized carbons (Fsp3) is 0.0833. The van der Waals surface area contributed by atoms with E-state index < -0.39 is 0 Å². The van der Waals surface area contributed by atoms with E-state index in [1.807, 2.05) is 0 Å². The molecule has 0 saturated carbocycles. The molecule has 0 aliphatic rings. The van der Waals surface area contributed by atoms with Crippen LogP contribution in [0.25, 0.3) is 10.1 Å². The molecule has 5 heteroatoms. The van der Waals surface area contributed by atoms with E-state index in [2.05, 4.69) is 27.8 Å². The molecule has 0 atom stereocenters. The molecule has 2 nitrogen and oxygen atoms in total. The Morgan fingerprint density at radius 1 is 1.47 bits per heavy atom. The molecule has 17 heavy (non-hydrogen) atoms. The molecule has 2 rings (SSSR count). The maximum atomic E-state index is 13.0. The monoisotopic (exact) mass is 313 g/mol. The van der Waals surface area contributed by atoms with Gasteiger partial charge in [0.05, 0.1) is 4.88 Å². The van der Waals surface area contributed by atoms with Crippen LogP contribution in [0.3, 0.4) is 0 Å². The summed E-state index contributed by atoms with van der Waals surface area (Å²) in [7, 11) is 0. The van der Waals surface area contributed by atoms with Gasteiger partial charge < -0.3 is 5.32 Å². The fourth-order valence-electron chi connectivity index (χ4n) is 1.38. The zero-order valence-corrected chi connectivity index (χ0v) is 11.2. The van der Waals surface area contributed by atoms with E-state index in [1.54, 1.807) is 12.1 Å². The third kappa shape index (κ3) is 2.92. The summed E-state index contributed by atoms with van der Waals surface area (Å²) in [6.07, 6.45) is 0. The predicted molar refractivity (Wildman–Crippen MR) is 72.2 cm³/mol. The minimum atomic E-state index is -0.292. The highest BCUT2D eigenvalue weighted by Gasteiger charge is 2.10. The highest BCUT2D eigenvalue weighted by Crippen LogP contribution is 2.26. The molecule has 0 bridgehead atoms. The van der Waals surface area contributed by atoms with Gasteiger partial charge in [0.2, 0.25) is 0 Å². The number of carbonyl (C=O) groups excluding carboxylic acids is 1. The highest BCUT2D eigenvalue weighted by molar-refractivity contribution is 9.11. The van der Waals surface area contributed by atoms with Crippen molar-refractivity contribution < 1.29 is 9.18 Å². The minimum Gasteiger partial charge on any atom is -0.347 e. The molecule has 1 heterocycles. The van der Waals surface area contributed by atoms with Gasteiger partial charge in [-0.15, -0.1) is 11.3 Å². The van der Waals surface area contributed by atoms with Crippen molar-refractivity contribution >= 4 is 43.3 Å². The lowest BCUT2D eigenvalue weighted by Crippen LogP contribution is -2.23. The Morgan fingerprint density at radius 3 is 2.94 bits per heavy atom. The van der Waals surface area contributed by atoms with Crippen LogP contribution in [0, 0.1) is 5.82 Å². The molecule has 0 aliphatic heterocycles. The number of halogens is 2. The molecule has 1 aromatic carbocycles. The average Bonchev–Trinajstić information content (AvgIpc) is 2.68. The molecule has 1 N–H and O–H groups in total. The molecule has 0 radical (unpaired) electrons. The summed E-state index contributed by atoms with van der Waals surface area (Å²) < 4.78 is 14.5. The topological polar surface area (TPSA) is 29.1 Å². The van der Waals surface area contributed by atoms with Crippen molar-refractivity contribution in [3.05, 3.63) is 46.0 Å². The Labute approximate surface area is 110 Å². The Kier molecular flexibility index (Phi) is 3.59. The second-order valence-electron chi connectivity index (χ2n) is 3.49. The molecule has 0 fully saturated rings. The van der Waals surface area contributed by atoms with Crippen LogP contribution in [0.4, 0.5) is 4.39 Å². The maximum Gasteiger partial charge on any atom is 0.261 e. The van der Waals surface area contributed by atoms with Crippen molar-refractivity contribution in [3.8, 4) is 0 Å². The summed E-state index contributed by atoms with van der Waals surface area (Å²) in [6, 6.07) is 6.24. The quantitative estimate of drug-likeness (QED) is 0.920. The first-order chi connectivity index (χ1) is 8.06. The number of hydrogen-bond donors (Lipinski definition) is 1. The maximum absolute atomic E-state index is 13.0. The second-order valence-corrected chi connectivity index (χ2v) is 5.70. The standard InChI is InChI=1S/C12H9BrFNOS/c1-7(13)6-15-12(16)11-4-8-2-3-9(14)5-10(8)17-11/h2-5H,1,6H2,(H,15,16). The molecule has 0 aliphatic carbocycles. The van der Waals surface area contributed by atoms with Crippen molar-refractivity contribution in [3.63, 3.8) is 0 Å². The molecular weight excluding hydrogens is 305 g/mol. The van der Waals surface area contributed by atoms with Gasteiger partial charge in [-0.1, -0.05) is 28.6 Å². The van der Waals surface area contributed by atoms with Crippen LogP contribution in [-0.4, -0.2) is 12.5 Å². The SMILES string of the molecule is C=C(Br)CNC(=O)c1cc2ccc(F)cc2s1. The van der Waals surface area contributed by atoms with Crippen LogP contribution in [-0.2, 0) is 0 Å². The smallest absolute Gasteiger partial charge is 0.261 e. The molecule has 2 aromatic rings. The van der Waals surface area contributed by atoms with Gasteiger partial charge in [-0.05, 0) is 23.6 Å². The van der Waals surface area contributed by atoms with E-state index in [1.165, 1.54) is 23.5 Å². The molecule has 88 valence electrons. The van der Waals surface area contributed by atoms with Gasteiger partial charge in [0.15, 0.2) is 0 Å². The summed E-state index contributed by atoms with van der Waals surface area (Å²) in [5.41, 5.74) is 0. The summed E-state index contributed by atoms with van der Waals surface area (Å²) in [5, 5.41) is 3.58. The fourth-order valence-corrected chi connectivity index (χ4v) is 2.52. The molecule has 0 saturated heterocycles. The Hall–Kier alpha value is -1.20. The van der Waals surface area contributed by atoms with Crippen molar-refractivity contribution in [2.75, 3.05) is 6.54 Å². The summed E-state index contributed by atoms with van der Waals surface area (Å²) >= 11 is 4.44. The second kappa shape index (κ2) is 4.98. The number of rotatable bonds is 3. The number of carbonyl (C=O) groups is 1. The first kappa shape index (κ1) is 12.3. The number of benzene rings is 1. The van der Waals surface area contributed by atoms with Crippen molar-refractivity contribution in [1.82, 2.24) is 5.32 Å². The van der Waals surface area contributed by atoms with Crippen molar-refractivity contribution in [2.24, 2.45) is 0 Å². The number of amides is 1. The van der Waals surface area contributed by atoms with E-state index >= 15 is 0 Å². The minimum absolute atomic E-state index is 0.174. The molecule has 1 amide bonds. The summed E-state index contributed by atoms with van der Waals surface area (Å²) in [5.74, 6) is -0.465. The lowest BCUT2D eigenvalue weighted by molar-refractivity contribution is 0.0962. The molecule has 0 spiro atoms. The molecular formula is C12H9BrFNOS. The van der Waals surface area contributed by atoms with Gasteiger partial charge >= 0.3 is 0 Å². The number of nitrogens with one attached hydrogen (secondary N) is 1. The first-order valence-corrected chi connectivity index (χ1v) is 6.48. The van der Waals surface area contributed by atoms with Crippen LogP contribution < -0.4 is 5.32 Å². The predicted octanol–water partition coefficient (Wildman–Crippen LogP) is 3.68. The molecule has 0 unspecified atom stereocenters. The largest absolute Gasteiger partial charge is 0.347 e.